The maximum absolute atomic E-state index is 12.8. The number of ether oxygens (including phenoxy) is 1. The average molecular weight is 375 g/mol. The van der Waals surface area contributed by atoms with E-state index in [1.54, 1.807) is 19.5 Å². The Bertz CT molecular complexity index is 705. The number of carbonyl (C=O) groups excluding carboxylic acids is 1. The molecule has 1 aliphatic rings. The third kappa shape index (κ3) is 3.72. The van der Waals surface area contributed by atoms with E-state index >= 15 is 0 Å². The highest BCUT2D eigenvalue weighted by molar-refractivity contribution is 9.10. The summed E-state index contributed by atoms with van der Waals surface area (Å²) in [4.78, 5) is 18.8. The van der Waals surface area contributed by atoms with Gasteiger partial charge in [0.15, 0.2) is 0 Å². The Morgan fingerprint density at radius 1 is 1.39 bits per heavy atom. The molecule has 1 fully saturated rings. The molecule has 23 heavy (non-hydrogen) atoms. The lowest BCUT2D eigenvalue weighted by Gasteiger charge is -2.25. The average Bonchev–Trinajstić information content (AvgIpc) is 3.02. The molecule has 3 rings (SSSR count). The molecule has 1 aliphatic heterocycles. The Morgan fingerprint density at radius 2 is 2.26 bits per heavy atom. The van der Waals surface area contributed by atoms with Crippen LogP contribution in [-0.2, 0) is 6.42 Å². The maximum Gasteiger partial charge on any atom is 0.255 e. The van der Waals surface area contributed by atoms with Gasteiger partial charge < -0.3 is 9.64 Å². The first-order valence-electron chi connectivity index (χ1n) is 7.72. The predicted molar refractivity (Wildman–Crippen MR) is 92.7 cm³/mol. The molecule has 1 unspecified atom stereocenters. The van der Waals surface area contributed by atoms with Gasteiger partial charge in [0.2, 0.25) is 0 Å². The molecule has 2 heterocycles. The molecule has 5 heteroatoms. The first-order valence-corrected chi connectivity index (χ1v) is 8.51. The lowest BCUT2D eigenvalue weighted by molar-refractivity contribution is 0.0736. The number of hydrogen-bond acceptors (Lipinski definition) is 3. The van der Waals surface area contributed by atoms with Crippen LogP contribution < -0.4 is 4.74 Å². The van der Waals surface area contributed by atoms with Crippen LogP contribution in [0.25, 0.3) is 0 Å². The van der Waals surface area contributed by atoms with Crippen LogP contribution in [0, 0.1) is 0 Å². The van der Waals surface area contributed by atoms with Gasteiger partial charge in [-0.3, -0.25) is 9.78 Å². The SMILES string of the molecule is COc1cccc(CC2CCCN2C(=O)c2cncc(Br)c2)c1. The fourth-order valence-electron chi connectivity index (χ4n) is 3.08. The van der Waals surface area contributed by atoms with Crippen molar-refractivity contribution in [3.05, 3.63) is 58.3 Å². The van der Waals surface area contributed by atoms with Crippen molar-refractivity contribution in [3.63, 3.8) is 0 Å². The van der Waals surface area contributed by atoms with E-state index in [4.69, 9.17) is 4.74 Å². The minimum Gasteiger partial charge on any atom is -0.497 e. The van der Waals surface area contributed by atoms with Gasteiger partial charge in [0.1, 0.15) is 5.75 Å². The van der Waals surface area contributed by atoms with Crippen LogP contribution in [0.3, 0.4) is 0 Å². The number of hydrogen-bond donors (Lipinski definition) is 0. The predicted octanol–water partition coefficient (Wildman–Crippen LogP) is 3.70. The van der Waals surface area contributed by atoms with Gasteiger partial charge in [-0.2, -0.15) is 0 Å². The molecule has 0 bridgehead atoms. The van der Waals surface area contributed by atoms with Crippen LogP contribution >= 0.6 is 15.9 Å². The van der Waals surface area contributed by atoms with Crippen LogP contribution in [0.4, 0.5) is 0 Å². The number of benzene rings is 1. The van der Waals surface area contributed by atoms with Crippen LogP contribution in [-0.4, -0.2) is 35.5 Å². The maximum atomic E-state index is 12.8. The zero-order valence-corrected chi connectivity index (χ0v) is 14.6. The summed E-state index contributed by atoms with van der Waals surface area (Å²) in [6.07, 6.45) is 6.25. The summed E-state index contributed by atoms with van der Waals surface area (Å²) >= 11 is 3.38. The van der Waals surface area contributed by atoms with E-state index in [0.29, 0.717) is 5.56 Å². The number of halogens is 1. The molecular formula is C18H19BrN2O2. The number of amides is 1. The third-order valence-electron chi connectivity index (χ3n) is 4.20. The molecule has 0 spiro atoms. The highest BCUT2D eigenvalue weighted by Crippen LogP contribution is 2.25. The second-order valence-corrected chi connectivity index (χ2v) is 6.66. The van der Waals surface area contributed by atoms with Gasteiger partial charge in [0.05, 0.1) is 12.7 Å². The summed E-state index contributed by atoms with van der Waals surface area (Å²) in [6.45, 7) is 0.806. The lowest BCUT2D eigenvalue weighted by Crippen LogP contribution is -2.36. The molecule has 0 N–H and O–H groups in total. The molecule has 4 nitrogen and oxygen atoms in total. The van der Waals surface area contributed by atoms with Crippen molar-refractivity contribution in [1.82, 2.24) is 9.88 Å². The Balaban J connectivity index is 1.76. The summed E-state index contributed by atoms with van der Waals surface area (Å²) in [6, 6.07) is 10.1. The normalized spacial score (nSPS) is 17.3. The highest BCUT2D eigenvalue weighted by atomic mass is 79.9. The fourth-order valence-corrected chi connectivity index (χ4v) is 3.45. The van der Waals surface area contributed by atoms with Gasteiger partial charge in [-0.15, -0.1) is 0 Å². The number of aromatic nitrogens is 1. The molecule has 1 atom stereocenters. The standard InChI is InChI=1S/C18H19BrN2O2/c1-23-17-6-2-4-13(9-17)8-16-5-3-7-21(16)18(22)14-10-15(19)12-20-11-14/h2,4,6,9-12,16H,3,5,7-8H2,1H3. The molecule has 0 saturated carbocycles. The number of pyridine rings is 1. The summed E-state index contributed by atoms with van der Waals surface area (Å²) in [7, 11) is 1.67. The lowest BCUT2D eigenvalue weighted by atomic mass is 10.0. The van der Waals surface area contributed by atoms with Crippen LogP contribution in [0.1, 0.15) is 28.8 Å². The number of carbonyl (C=O) groups is 1. The molecule has 0 aliphatic carbocycles. The summed E-state index contributed by atoms with van der Waals surface area (Å²) in [5.41, 5.74) is 1.83. The second-order valence-electron chi connectivity index (χ2n) is 5.74. The van der Waals surface area contributed by atoms with E-state index in [0.717, 1.165) is 36.0 Å². The first-order chi connectivity index (χ1) is 11.2. The third-order valence-corrected chi connectivity index (χ3v) is 4.63. The zero-order chi connectivity index (χ0) is 16.2. The number of nitrogens with zero attached hydrogens (tertiary/aromatic N) is 2. The fraction of sp³-hybridized carbons (Fsp3) is 0.333. The van der Waals surface area contributed by atoms with Gasteiger partial charge in [0.25, 0.3) is 5.91 Å². The number of methoxy groups -OCH3 is 1. The molecule has 120 valence electrons. The van der Waals surface area contributed by atoms with Gasteiger partial charge in [-0.25, -0.2) is 0 Å². The molecule has 1 aromatic carbocycles. The van der Waals surface area contributed by atoms with Gasteiger partial charge >= 0.3 is 0 Å². The van der Waals surface area contributed by atoms with Crippen molar-refractivity contribution in [2.24, 2.45) is 0 Å². The van der Waals surface area contributed by atoms with E-state index in [1.807, 2.05) is 29.2 Å². The van der Waals surface area contributed by atoms with E-state index < -0.39 is 0 Å². The molecule has 1 amide bonds. The van der Waals surface area contributed by atoms with E-state index in [2.05, 4.69) is 27.0 Å². The molecule has 1 aromatic heterocycles. The second kappa shape index (κ2) is 7.13. The van der Waals surface area contributed by atoms with Crippen molar-refractivity contribution < 1.29 is 9.53 Å². The topological polar surface area (TPSA) is 42.4 Å². The molecule has 0 radical (unpaired) electrons. The van der Waals surface area contributed by atoms with Crippen LogP contribution in [0.2, 0.25) is 0 Å². The van der Waals surface area contributed by atoms with Gasteiger partial charge in [0, 0.05) is 29.5 Å². The minimum absolute atomic E-state index is 0.0594. The van der Waals surface area contributed by atoms with Crippen molar-refractivity contribution in [2.75, 3.05) is 13.7 Å². The quantitative estimate of drug-likeness (QED) is 0.819. The van der Waals surface area contributed by atoms with Crippen molar-refractivity contribution in [1.29, 1.82) is 0 Å². The Morgan fingerprint density at radius 3 is 3.04 bits per heavy atom. The smallest absolute Gasteiger partial charge is 0.255 e. The van der Waals surface area contributed by atoms with Crippen LogP contribution in [0.5, 0.6) is 5.75 Å². The highest BCUT2D eigenvalue weighted by Gasteiger charge is 2.29. The van der Waals surface area contributed by atoms with Crippen LogP contribution in [0.15, 0.2) is 47.2 Å². The summed E-state index contributed by atoms with van der Waals surface area (Å²) < 4.78 is 6.11. The van der Waals surface area contributed by atoms with Crippen molar-refractivity contribution in [3.8, 4) is 5.75 Å². The van der Waals surface area contributed by atoms with Gasteiger partial charge in [-0.05, 0) is 59.0 Å². The summed E-state index contributed by atoms with van der Waals surface area (Å²) in [5.74, 6) is 0.916. The minimum atomic E-state index is 0.0594. The van der Waals surface area contributed by atoms with E-state index in [9.17, 15) is 4.79 Å². The Hall–Kier alpha value is -1.88. The zero-order valence-electron chi connectivity index (χ0n) is 13.0. The molecule has 1 saturated heterocycles. The Labute approximate surface area is 144 Å². The van der Waals surface area contributed by atoms with Crippen molar-refractivity contribution >= 4 is 21.8 Å². The molecular weight excluding hydrogens is 356 g/mol. The first kappa shape index (κ1) is 16.0. The van der Waals surface area contributed by atoms with E-state index in [1.165, 1.54) is 5.56 Å². The monoisotopic (exact) mass is 374 g/mol. The molecule has 2 aromatic rings. The number of likely N-dealkylation sites (tertiary alicyclic amines) is 1. The van der Waals surface area contributed by atoms with E-state index in [-0.39, 0.29) is 11.9 Å². The largest absolute Gasteiger partial charge is 0.497 e. The Kier molecular flexibility index (Phi) is 4.96. The number of rotatable bonds is 4. The van der Waals surface area contributed by atoms with Gasteiger partial charge in [-0.1, -0.05) is 12.1 Å². The van der Waals surface area contributed by atoms with Crippen molar-refractivity contribution in [2.45, 2.75) is 25.3 Å². The summed E-state index contributed by atoms with van der Waals surface area (Å²) in [5, 5.41) is 0.